The van der Waals surface area contributed by atoms with E-state index < -0.39 is 0 Å². The maximum Gasteiger partial charge on any atom is 0.141 e. The fourth-order valence-corrected chi connectivity index (χ4v) is 1.52. The molecule has 13 heavy (non-hydrogen) atoms. The molecule has 1 aromatic rings. The van der Waals surface area contributed by atoms with Crippen molar-refractivity contribution in [2.75, 3.05) is 26.8 Å². The minimum absolute atomic E-state index is 0.786. The standard InChI is InChI=1S/C8H14N4O/c1-13-5-4-11-2-3-12-8(6-11)9-7-10-12/h7H,2-6H2,1H3. The van der Waals surface area contributed by atoms with Crippen molar-refractivity contribution < 1.29 is 4.74 Å². The number of hydrogen-bond donors (Lipinski definition) is 0. The predicted octanol–water partition coefficient (Wildman–Crippen LogP) is -0.260. The number of rotatable bonds is 3. The van der Waals surface area contributed by atoms with Crippen molar-refractivity contribution in [3.63, 3.8) is 0 Å². The number of aromatic nitrogens is 3. The third kappa shape index (κ3) is 1.87. The molecule has 0 aromatic carbocycles. The summed E-state index contributed by atoms with van der Waals surface area (Å²) in [6.45, 7) is 4.64. The Labute approximate surface area is 77.3 Å². The van der Waals surface area contributed by atoms with E-state index in [2.05, 4.69) is 15.0 Å². The summed E-state index contributed by atoms with van der Waals surface area (Å²) in [7, 11) is 1.73. The summed E-state index contributed by atoms with van der Waals surface area (Å²) in [5.41, 5.74) is 0. The van der Waals surface area contributed by atoms with Crippen LogP contribution in [0.4, 0.5) is 0 Å². The predicted molar refractivity (Wildman–Crippen MR) is 47.2 cm³/mol. The van der Waals surface area contributed by atoms with Crippen LogP contribution in [0.2, 0.25) is 0 Å². The van der Waals surface area contributed by atoms with Crippen molar-refractivity contribution in [3.8, 4) is 0 Å². The highest BCUT2D eigenvalue weighted by Gasteiger charge is 2.16. The van der Waals surface area contributed by atoms with E-state index in [9.17, 15) is 0 Å². The molecular formula is C8H14N4O. The van der Waals surface area contributed by atoms with E-state index in [1.807, 2.05) is 4.68 Å². The highest BCUT2D eigenvalue weighted by Crippen LogP contribution is 2.07. The van der Waals surface area contributed by atoms with E-state index >= 15 is 0 Å². The van der Waals surface area contributed by atoms with Gasteiger partial charge in [0.2, 0.25) is 0 Å². The molecule has 0 saturated heterocycles. The summed E-state index contributed by atoms with van der Waals surface area (Å²) in [5, 5.41) is 4.12. The minimum Gasteiger partial charge on any atom is -0.383 e. The Kier molecular flexibility index (Phi) is 2.56. The molecule has 0 bridgehead atoms. The van der Waals surface area contributed by atoms with Gasteiger partial charge in [-0.05, 0) is 0 Å². The van der Waals surface area contributed by atoms with Gasteiger partial charge in [-0.25, -0.2) is 9.67 Å². The topological polar surface area (TPSA) is 43.2 Å². The summed E-state index contributed by atoms with van der Waals surface area (Å²) < 4.78 is 6.99. The van der Waals surface area contributed by atoms with E-state index in [1.54, 1.807) is 13.4 Å². The Morgan fingerprint density at radius 3 is 3.31 bits per heavy atom. The first-order valence-corrected chi connectivity index (χ1v) is 4.48. The molecule has 2 heterocycles. The Hall–Kier alpha value is -0.940. The smallest absolute Gasteiger partial charge is 0.141 e. The SMILES string of the molecule is COCCN1CCn2ncnc2C1. The molecule has 0 saturated carbocycles. The molecule has 0 N–H and O–H groups in total. The maximum atomic E-state index is 5.03. The van der Waals surface area contributed by atoms with Gasteiger partial charge in [-0.2, -0.15) is 5.10 Å². The maximum absolute atomic E-state index is 5.03. The molecule has 5 nitrogen and oxygen atoms in total. The van der Waals surface area contributed by atoms with Crippen molar-refractivity contribution in [3.05, 3.63) is 12.2 Å². The van der Waals surface area contributed by atoms with Crippen molar-refractivity contribution in [2.45, 2.75) is 13.1 Å². The molecule has 1 aliphatic rings. The highest BCUT2D eigenvalue weighted by atomic mass is 16.5. The van der Waals surface area contributed by atoms with E-state index in [4.69, 9.17) is 4.74 Å². The molecule has 0 amide bonds. The van der Waals surface area contributed by atoms with Crippen LogP contribution in [0.15, 0.2) is 6.33 Å². The summed E-state index contributed by atoms with van der Waals surface area (Å²) in [6.07, 6.45) is 1.62. The molecular weight excluding hydrogens is 168 g/mol. The van der Waals surface area contributed by atoms with E-state index in [0.717, 1.165) is 38.6 Å². The Bertz CT molecular complexity index is 273. The molecule has 0 spiro atoms. The van der Waals surface area contributed by atoms with Gasteiger partial charge in [-0.15, -0.1) is 0 Å². The molecule has 0 unspecified atom stereocenters. The van der Waals surface area contributed by atoms with Crippen LogP contribution in [0.1, 0.15) is 5.82 Å². The van der Waals surface area contributed by atoms with Gasteiger partial charge >= 0.3 is 0 Å². The van der Waals surface area contributed by atoms with E-state index in [1.165, 1.54) is 0 Å². The summed E-state index contributed by atoms with van der Waals surface area (Å²) in [5.74, 6) is 1.06. The zero-order valence-corrected chi connectivity index (χ0v) is 7.81. The minimum atomic E-state index is 0.786. The van der Waals surface area contributed by atoms with Crippen LogP contribution in [0, 0.1) is 0 Å². The van der Waals surface area contributed by atoms with Crippen LogP contribution < -0.4 is 0 Å². The Morgan fingerprint density at radius 1 is 1.54 bits per heavy atom. The number of ether oxygens (including phenoxy) is 1. The van der Waals surface area contributed by atoms with Crippen molar-refractivity contribution in [2.24, 2.45) is 0 Å². The molecule has 0 fully saturated rings. The van der Waals surface area contributed by atoms with Crippen LogP contribution in [-0.4, -0.2) is 46.5 Å². The number of fused-ring (bicyclic) bond motifs is 1. The summed E-state index contributed by atoms with van der Waals surface area (Å²) in [6, 6.07) is 0. The van der Waals surface area contributed by atoms with Gasteiger partial charge in [0, 0.05) is 20.2 Å². The lowest BCUT2D eigenvalue weighted by Gasteiger charge is -2.25. The fraction of sp³-hybridized carbons (Fsp3) is 0.750. The first-order chi connectivity index (χ1) is 6.40. The van der Waals surface area contributed by atoms with Crippen LogP contribution in [-0.2, 0) is 17.8 Å². The van der Waals surface area contributed by atoms with Gasteiger partial charge in [0.1, 0.15) is 12.2 Å². The van der Waals surface area contributed by atoms with Crippen molar-refractivity contribution in [1.29, 1.82) is 0 Å². The monoisotopic (exact) mass is 182 g/mol. The molecule has 72 valence electrons. The largest absolute Gasteiger partial charge is 0.383 e. The zero-order valence-electron chi connectivity index (χ0n) is 7.81. The molecule has 1 aliphatic heterocycles. The third-order valence-corrected chi connectivity index (χ3v) is 2.30. The fourth-order valence-electron chi connectivity index (χ4n) is 1.52. The summed E-state index contributed by atoms with van der Waals surface area (Å²) >= 11 is 0. The first-order valence-electron chi connectivity index (χ1n) is 4.48. The van der Waals surface area contributed by atoms with Gasteiger partial charge in [0.05, 0.1) is 19.7 Å². The van der Waals surface area contributed by atoms with E-state index in [-0.39, 0.29) is 0 Å². The first kappa shape index (κ1) is 8.65. The molecule has 1 aromatic heterocycles. The zero-order chi connectivity index (χ0) is 9.10. The van der Waals surface area contributed by atoms with Crippen molar-refractivity contribution in [1.82, 2.24) is 19.7 Å². The van der Waals surface area contributed by atoms with Crippen LogP contribution in [0.5, 0.6) is 0 Å². The third-order valence-electron chi connectivity index (χ3n) is 2.30. The second-order valence-electron chi connectivity index (χ2n) is 3.17. The van der Waals surface area contributed by atoms with Crippen LogP contribution >= 0.6 is 0 Å². The lowest BCUT2D eigenvalue weighted by molar-refractivity contribution is 0.127. The normalized spacial score (nSPS) is 17.3. The molecule has 5 heteroatoms. The Balaban J connectivity index is 1.93. The number of methoxy groups -OCH3 is 1. The summed E-state index contributed by atoms with van der Waals surface area (Å²) in [4.78, 5) is 6.51. The second kappa shape index (κ2) is 3.85. The highest BCUT2D eigenvalue weighted by molar-refractivity contribution is 4.88. The molecule has 0 aliphatic carbocycles. The molecule has 2 rings (SSSR count). The quantitative estimate of drug-likeness (QED) is 0.646. The van der Waals surface area contributed by atoms with Crippen molar-refractivity contribution >= 4 is 0 Å². The van der Waals surface area contributed by atoms with Crippen LogP contribution in [0.25, 0.3) is 0 Å². The van der Waals surface area contributed by atoms with Crippen LogP contribution in [0.3, 0.4) is 0 Å². The second-order valence-corrected chi connectivity index (χ2v) is 3.17. The lowest BCUT2D eigenvalue weighted by atomic mass is 10.3. The van der Waals surface area contributed by atoms with Gasteiger partial charge in [-0.3, -0.25) is 4.90 Å². The van der Waals surface area contributed by atoms with E-state index in [0.29, 0.717) is 0 Å². The number of hydrogen-bond acceptors (Lipinski definition) is 4. The van der Waals surface area contributed by atoms with Gasteiger partial charge in [0.25, 0.3) is 0 Å². The lowest BCUT2D eigenvalue weighted by Crippen LogP contribution is -2.36. The van der Waals surface area contributed by atoms with Gasteiger partial charge < -0.3 is 4.74 Å². The Morgan fingerprint density at radius 2 is 2.46 bits per heavy atom. The molecule has 0 atom stereocenters. The number of nitrogens with zero attached hydrogens (tertiary/aromatic N) is 4. The average Bonchev–Trinajstić information content (AvgIpc) is 2.61. The average molecular weight is 182 g/mol. The molecule has 0 radical (unpaired) electrons. The van der Waals surface area contributed by atoms with Gasteiger partial charge in [0.15, 0.2) is 0 Å². The van der Waals surface area contributed by atoms with Gasteiger partial charge in [-0.1, -0.05) is 0 Å².